The smallest absolute Gasteiger partial charge is 0.250 e. The maximum atomic E-state index is 11.4. The van der Waals surface area contributed by atoms with Crippen LogP contribution >= 0.6 is 0 Å². The third kappa shape index (κ3) is 5.68. The standard InChI is InChI=1S/C14H22N2O2/c1-14(2,3)10-15-11-6-5-7-12(8-11)16-13(17)9-18-4/h5-8,15H,9-10H2,1-4H3,(H,16,17). The topological polar surface area (TPSA) is 50.4 Å². The van der Waals surface area contributed by atoms with E-state index < -0.39 is 0 Å². The zero-order chi connectivity index (χ0) is 13.6. The van der Waals surface area contributed by atoms with Crippen LogP contribution in [-0.4, -0.2) is 26.2 Å². The molecule has 0 fully saturated rings. The highest BCUT2D eigenvalue weighted by Gasteiger charge is 2.09. The number of rotatable bonds is 5. The number of benzene rings is 1. The molecule has 0 bridgehead atoms. The highest BCUT2D eigenvalue weighted by atomic mass is 16.5. The molecule has 1 aromatic carbocycles. The Balaban J connectivity index is 2.59. The summed E-state index contributed by atoms with van der Waals surface area (Å²) in [4.78, 5) is 11.4. The minimum atomic E-state index is -0.148. The van der Waals surface area contributed by atoms with Crippen molar-refractivity contribution in [3.63, 3.8) is 0 Å². The van der Waals surface area contributed by atoms with Crippen LogP contribution in [0.2, 0.25) is 0 Å². The van der Waals surface area contributed by atoms with E-state index in [1.54, 1.807) is 0 Å². The van der Waals surface area contributed by atoms with Crippen molar-refractivity contribution in [1.29, 1.82) is 0 Å². The maximum Gasteiger partial charge on any atom is 0.250 e. The second-order valence-corrected chi connectivity index (χ2v) is 5.48. The summed E-state index contributed by atoms with van der Waals surface area (Å²) in [6.45, 7) is 7.46. The predicted molar refractivity (Wildman–Crippen MR) is 74.9 cm³/mol. The number of nitrogens with one attached hydrogen (secondary N) is 2. The molecule has 0 saturated heterocycles. The van der Waals surface area contributed by atoms with Gasteiger partial charge >= 0.3 is 0 Å². The van der Waals surface area contributed by atoms with E-state index in [1.165, 1.54) is 7.11 Å². The molecule has 0 aliphatic rings. The summed E-state index contributed by atoms with van der Waals surface area (Å²) < 4.78 is 4.77. The van der Waals surface area contributed by atoms with E-state index >= 15 is 0 Å². The van der Waals surface area contributed by atoms with Gasteiger partial charge in [0.25, 0.3) is 0 Å². The molecule has 2 N–H and O–H groups in total. The van der Waals surface area contributed by atoms with Gasteiger partial charge in [0.1, 0.15) is 6.61 Å². The van der Waals surface area contributed by atoms with Crippen LogP contribution in [0.25, 0.3) is 0 Å². The number of hydrogen-bond acceptors (Lipinski definition) is 3. The van der Waals surface area contributed by atoms with Gasteiger partial charge in [-0.05, 0) is 23.6 Å². The van der Waals surface area contributed by atoms with Crippen molar-refractivity contribution < 1.29 is 9.53 Å². The molecule has 0 spiro atoms. The minimum absolute atomic E-state index is 0.0691. The molecule has 4 heteroatoms. The van der Waals surface area contributed by atoms with Crippen molar-refractivity contribution in [2.75, 3.05) is 30.9 Å². The first-order valence-corrected chi connectivity index (χ1v) is 6.03. The Labute approximate surface area is 109 Å². The second-order valence-electron chi connectivity index (χ2n) is 5.48. The number of carbonyl (C=O) groups excluding carboxylic acids is 1. The van der Waals surface area contributed by atoms with Crippen molar-refractivity contribution in [2.45, 2.75) is 20.8 Å². The van der Waals surface area contributed by atoms with E-state index in [0.29, 0.717) is 0 Å². The summed E-state index contributed by atoms with van der Waals surface area (Å²) in [6, 6.07) is 7.67. The summed E-state index contributed by atoms with van der Waals surface area (Å²) in [6.07, 6.45) is 0. The zero-order valence-electron chi connectivity index (χ0n) is 11.5. The molecule has 0 radical (unpaired) electrons. The van der Waals surface area contributed by atoms with Crippen LogP contribution in [0.4, 0.5) is 11.4 Å². The van der Waals surface area contributed by atoms with Crippen molar-refractivity contribution in [1.82, 2.24) is 0 Å². The normalized spacial score (nSPS) is 11.1. The lowest BCUT2D eigenvalue weighted by Gasteiger charge is -2.20. The molecule has 1 amide bonds. The van der Waals surface area contributed by atoms with Gasteiger partial charge in [-0.1, -0.05) is 26.8 Å². The first kappa shape index (κ1) is 14.5. The third-order valence-electron chi connectivity index (χ3n) is 2.24. The van der Waals surface area contributed by atoms with Crippen LogP contribution < -0.4 is 10.6 Å². The molecular formula is C14H22N2O2. The monoisotopic (exact) mass is 250 g/mol. The van der Waals surface area contributed by atoms with Crippen LogP contribution in [0, 0.1) is 5.41 Å². The Morgan fingerprint density at radius 3 is 2.56 bits per heavy atom. The average molecular weight is 250 g/mol. The fraction of sp³-hybridized carbons (Fsp3) is 0.500. The average Bonchev–Trinajstić information content (AvgIpc) is 2.26. The number of amides is 1. The quantitative estimate of drug-likeness (QED) is 0.844. The lowest BCUT2D eigenvalue weighted by atomic mass is 9.97. The molecule has 0 atom stereocenters. The summed E-state index contributed by atoms with van der Waals surface area (Å²) in [5.74, 6) is -0.148. The van der Waals surface area contributed by atoms with Gasteiger partial charge in [-0.3, -0.25) is 4.79 Å². The van der Waals surface area contributed by atoms with Gasteiger partial charge in [0.2, 0.25) is 5.91 Å². The number of hydrogen-bond donors (Lipinski definition) is 2. The Hall–Kier alpha value is -1.55. The van der Waals surface area contributed by atoms with E-state index in [0.717, 1.165) is 17.9 Å². The van der Waals surface area contributed by atoms with E-state index in [-0.39, 0.29) is 17.9 Å². The minimum Gasteiger partial charge on any atom is -0.384 e. The summed E-state index contributed by atoms with van der Waals surface area (Å²) in [7, 11) is 1.50. The fourth-order valence-corrected chi connectivity index (χ4v) is 1.40. The van der Waals surface area contributed by atoms with Gasteiger partial charge < -0.3 is 15.4 Å². The largest absolute Gasteiger partial charge is 0.384 e. The molecule has 0 saturated carbocycles. The van der Waals surface area contributed by atoms with Gasteiger partial charge in [-0.25, -0.2) is 0 Å². The SMILES string of the molecule is COCC(=O)Nc1cccc(NCC(C)(C)C)c1. The van der Waals surface area contributed by atoms with Crippen LogP contribution in [0.1, 0.15) is 20.8 Å². The lowest BCUT2D eigenvalue weighted by Crippen LogP contribution is -2.19. The van der Waals surface area contributed by atoms with Crippen LogP contribution in [-0.2, 0) is 9.53 Å². The van der Waals surface area contributed by atoms with Gasteiger partial charge in [0.05, 0.1) is 0 Å². The molecule has 18 heavy (non-hydrogen) atoms. The van der Waals surface area contributed by atoms with E-state index in [4.69, 9.17) is 4.74 Å². The summed E-state index contributed by atoms with van der Waals surface area (Å²) in [5.41, 5.74) is 1.99. The first-order valence-electron chi connectivity index (χ1n) is 6.03. The van der Waals surface area contributed by atoms with Crippen molar-refractivity contribution in [2.24, 2.45) is 5.41 Å². The third-order valence-corrected chi connectivity index (χ3v) is 2.24. The van der Waals surface area contributed by atoms with Crippen molar-refractivity contribution >= 4 is 17.3 Å². The lowest BCUT2D eigenvalue weighted by molar-refractivity contribution is -0.119. The summed E-state index contributed by atoms with van der Waals surface area (Å²) in [5, 5.41) is 6.12. The molecule has 0 aromatic heterocycles. The Morgan fingerprint density at radius 2 is 1.94 bits per heavy atom. The second kappa shape index (κ2) is 6.40. The van der Waals surface area contributed by atoms with E-state index in [2.05, 4.69) is 31.4 Å². The van der Waals surface area contributed by atoms with Crippen molar-refractivity contribution in [3.8, 4) is 0 Å². The van der Waals surface area contributed by atoms with Gasteiger partial charge in [-0.15, -0.1) is 0 Å². The fourth-order valence-electron chi connectivity index (χ4n) is 1.40. The summed E-state index contributed by atoms with van der Waals surface area (Å²) >= 11 is 0. The van der Waals surface area contributed by atoms with Crippen molar-refractivity contribution in [3.05, 3.63) is 24.3 Å². The Bertz CT molecular complexity index is 397. The van der Waals surface area contributed by atoms with Crippen LogP contribution in [0.15, 0.2) is 24.3 Å². The van der Waals surface area contributed by atoms with Gasteiger partial charge in [0.15, 0.2) is 0 Å². The highest BCUT2D eigenvalue weighted by Crippen LogP contribution is 2.18. The Kier molecular flexibility index (Phi) is 5.16. The van der Waals surface area contributed by atoms with Gasteiger partial charge in [0, 0.05) is 25.0 Å². The molecule has 4 nitrogen and oxygen atoms in total. The predicted octanol–water partition coefficient (Wildman–Crippen LogP) is 2.73. The first-order chi connectivity index (χ1) is 8.40. The van der Waals surface area contributed by atoms with Gasteiger partial charge in [-0.2, -0.15) is 0 Å². The molecule has 1 aromatic rings. The molecular weight excluding hydrogens is 228 g/mol. The molecule has 0 unspecified atom stereocenters. The molecule has 0 heterocycles. The molecule has 0 aliphatic carbocycles. The molecule has 1 rings (SSSR count). The molecule has 100 valence electrons. The Morgan fingerprint density at radius 1 is 1.28 bits per heavy atom. The van der Waals surface area contributed by atoms with Crippen LogP contribution in [0.5, 0.6) is 0 Å². The number of methoxy groups -OCH3 is 1. The zero-order valence-corrected chi connectivity index (χ0v) is 11.5. The van der Waals surface area contributed by atoms with Crippen LogP contribution in [0.3, 0.4) is 0 Å². The number of ether oxygens (including phenoxy) is 1. The highest BCUT2D eigenvalue weighted by molar-refractivity contribution is 5.92. The number of anilines is 2. The van der Waals surface area contributed by atoms with E-state index in [9.17, 15) is 4.79 Å². The number of carbonyl (C=O) groups is 1. The van der Waals surface area contributed by atoms with E-state index in [1.807, 2.05) is 24.3 Å². The maximum absolute atomic E-state index is 11.4. The molecule has 0 aliphatic heterocycles.